The molecule has 2 aromatic carbocycles. The molecular formula is C21H20N6O5. The number of carbonyl (C=O) groups is 4. The standard InChI is InChI=1S/C21H20N6O5/c1-12(28)22-16-6-4-14(10-18(16)23-13(2)29)20(30)26-8-3-9-27(26)21(31)15-5-7-17-19(11-15)25-32-24-17/h4-7,10-11H,3,8-9H2,1-2H3,(H,22,28)(H,23,29). The molecule has 0 radical (unpaired) electrons. The second-order valence-electron chi connectivity index (χ2n) is 7.30. The van der Waals surface area contributed by atoms with Gasteiger partial charge in [-0.25, -0.2) is 14.6 Å². The minimum absolute atomic E-state index is 0.263. The first-order valence-corrected chi connectivity index (χ1v) is 9.88. The molecule has 164 valence electrons. The molecule has 0 bridgehead atoms. The van der Waals surface area contributed by atoms with Gasteiger partial charge < -0.3 is 10.6 Å². The first-order valence-electron chi connectivity index (χ1n) is 9.88. The Hall–Kier alpha value is -4.28. The van der Waals surface area contributed by atoms with E-state index in [1.54, 1.807) is 18.2 Å². The number of rotatable bonds is 4. The summed E-state index contributed by atoms with van der Waals surface area (Å²) in [5.74, 6) is -1.41. The summed E-state index contributed by atoms with van der Waals surface area (Å²) in [4.78, 5) is 49.3. The lowest BCUT2D eigenvalue weighted by Gasteiger charge is -2.28. The van der Waals surface area contributed by atoms with Crippen molar-refractivity contribution in [2.75, 3.05) is 23.7 Å². The molecule has 0 unspecified atom stereocenters. The fourth-order valence-corrected chi connectivity index (χ4v) is 3.52. The van der Waals surface area contributed by atoms with E-state index in [0.29, 0.717) is 47.5 Å². The van der Waals surface area contributed by atoms with Crippen LogP contribution in [-0.4, -0.2) is 57.0 Å². The fourth-order valence-electron chi connectivity index (χ4n) is 3.52. The Bertz CT molecular complexity index is 1240. The van der Waals surface area contributed by atoms with Crippen LogP contribution in [0.1, 0.15) is 41.0 Å². The molecule has 2 heterocycles. The molecule has 0 atom stereocenters. The van der Waals surface area contributed by atoms with E-state index in [2.05, 4.69) is 25.6 Å². The molecule has 4 rings (SSSR count). The van der Waals surface area contributed by atoms with Gasteiger partial charge in [0, 0.05) is 38.1 Å². The van der Waals surface area contributed by atoms with Crippen molar-refractivity contribution in [1.29, 1.82) is 0 Å². The zero-order chi connectivity index (χ0) is 22.8. The SMILES string of the molecule is CC(=O)Nc1ccc(C(=O)N2CCCN2C(=O)c2ccc3nonc3c2)cc1NC(C)=O. The van der Waals surface area contributed by atoms with Crippen LogP contribution >= 0.6 is 0 Å². The maximum Gasteiger partial charge on any atom is 0.272 e. The van der Waals surface area contributed by atoms with Crippen molar-refractivity contribution < 1.29 is 23.8 Å². The lowest BCUT2D eigenvalue weighted by Crippen LogP contribution is -2.44. The van der Waals surface area contributed by atoms with Crippen LogP contribution in [0, 0.1) is 0 Å². The summed E-state index contributed by atoms with van der Waals surface area (Å²) in [6.07, 6.45) is 0.619. The van der Waals surface area contributed by atoms with Gasteiger partial charge in [-0.2, -0.15) is 0 Å². The molecule has 11 nitrogen and oxygen atoms in total. The Kier molecular flexibility index (Phi) is 5.54. The molecule has 32 heavy (non-hydrogen) atoms. The highest BCUT2D eigenvalue weighted by Gasteiger charge is 2.32. The van der Waals surface area contributed by atoms with E-state index < -0.39 is 5.91 Å². The van der Waals surface area contributed by atoms with Crippen molar-refractivity contribution in [2.45, 2.75) is 20.3 Å². The van der Waals surface area contributed by atoms with Gasteiger partial charge in [0.1, 0.15) is 11.0 Å². The molecule has 4 amide bonds. The summed E-state index contributed by atoms with van der Waals surface area (Å²) in [6.45, 7) is 3.41. The zero-order valence-electron chi connectivity index (χ0n) is 17.4. The van der Waals surface area contributed by atoms with Crippen LogP contribution < -0.4 is 10.6 Å². The fraction of sp³-hybridized carbons (Fsp3) is 0.238. The molecule has 0 spiro atoms. The van der Waals surface area contributed by atoms with Crippen LogP contribution in [0.3, 0.4) is 0 Å². The number of anilines is 2. The Morgan fingerprint density at radius 1 is 0.781 bits per heavy atom. The van der Waals surface area contributed by atoms with Crippen molar-refractivity contribution in [2.24, 2.45) is 0 Å². The first kappa shape index (κ1) is 21.0. The van der Waals surface area contributed by atoms with Gasteiger partial charge in [-0.1, -0.05) is 0 Å². The highest BCUT2D eigenvalue weighted by molar-refractivity contribution is 6.04. The lowest BCUT2D eigenvalue weighted by molar-refractivity contribution is -0.115. The number of hydrazine groups is 1. The first-order chi connectivity index (χ1) is 15.3. The third kappa shape index (κ3) is 4.13. The maximum absolute atomic E-state index is 13.2. The van der Waals surface area contributed by atoms with Gasteiger partial charge in [0.15, 0.2) is 0 Å². The number of aromatic nitrogens is 2. The predicted molar refractivity (Wildman–Crippen MR) is 114 cm³/mol. The monoisotopic (exact) mass is 436 g/mol. The third-order valence-electron chi connectivity index (χ3n) is 4.89. The number of hydrogen-bond acceptors (Lipinski definition) is 7. The van der Waals surface area contributed by atoms with Crippen LogP contribution in [0.25, 0.3) is 11.0 Å². The molecular weight excluding hydrogens is 416 g/mol. The summed E-state index contributed by atoms with van der Waals surface area (Å²) in [6, 6.07) is 9.34. The quantitative estimate of drug-likeness (QED) is 0.638. The van der Waals surface area contributed by atoms with E-state index >= 15 is 0 Å². The van der Waals surface area contributed by atoms with Crippen molar-refractivity contribution in [3.8, 4) is 0 Å². The van der Waals surface area contributed by atoms with Gasteiger partial charge in [-0.05, 0) is 53.1 Å². The van der Waals surface area contributed by atoms with Crippen LogP contribution in [0.2, 0.25) is 0 Å². The van der Waals surface area contributed by atoms with Gasteiger partial charge >= 0.3 is 0 Å². The molecule has 11 heteroatoms. The van der Waals surface area contributed by atoms with E-state index in [9.17, 15) is 19.2 Å². The molecule has 1 saturated heterocycles. The highest BCUT2D eigenvalue weighted by Crippen LogP contribution is 2.26. The van der Waals surface area contributed by atoms with E-state index in [1.165, 1.54) is 42.1 Å². The van der Waals surface area contributed by atoms with Crippen molar-refractivity contribution in [3.63, 3.8) is 0 Å². The largest absolute Gasteiger partial charge is 0.325 e. The second kappa shape index (κ2) is 8.46. The maximum atomic E-state index is 13.2. The predicted octanol–water partition coefficient (Wildman–Crippen LogP) is 2.04. The minimum atomic E-state index is -0.402. The van der Waals surface area contributed by atoms with E-state index in [-0.39, 0.29) is 23.3 Å². The molecule has 2 N–H and O–H groups in total. The Balaban J connectivity index is 1.60. The average molecular weight is 436 g/mol. The highest BCUT2D eigenvalue weighted by atomic mass is 16.6. The van der Waals surface area contributed by atoms with Crippen LogP contribution in [0.4, 0.5) is 11.4 Å². The number of amides is 4. The van der Waals surface area contributed by atoms with Crippen molar-refractivity contribution >= 4 is 46.0 Å². The van der Waals surface area contributed by atoms with Crippen LogP contribution in [0.15, 0.2) is 41.0 Å². The molecule has 1 aliphatic heterocycles. The van der Waals surface area contributed by atoms with E-state index in [1.807, 2.05) is 0 Å². The lowest BCUT2D eigenvalue weighted by atomic mass is 10.1. The summed E-state index contributed by atoms with van der Waals surface area (Å²) in [5.41, 5.74) is 2.25. The van der Waals surface area contributed by atoms with Crippen LogP contribution in [0.5, 0.6) is 0 Å². The summed E-state index contributed by atoms with van der Waals surface area (Å²) < 4.78 is 4.67. The number of fused-ring (bicyclic) bond motifs is 1. The van der Waals surface area contributed by atoms with Gasteiger partial charge in [0.25, 0.3) is 11.8 Å². The minimum Gasteiger partial charge on any atom is -0.325 e. The van der Waals surface area contributed by atoms with Crippen LogP contribution in [-0.2, 0) is 9.59 Å². The van der Waals surface area contributed by atoms with Crippen molar-refractivity contribution in [1.82, 2.24) is 20.3 Å². The molecule has 3 aromatic rings. The number of carbonyl (C=O) groups excluding carboxylic acids is 4. The van der Waals surface area contributed by atoms with Gasteiger partial charge in [-0.3, -0.25) is 19.2 Å². The normalized spacial score (nSPS) is 13.3. The molecule has 1 fully saturated rings. The molecule has 0 aliphatic carbocycles. The number of benzene rings is 2. The topological polar surface area (TPSA) is 138 Å². The molecule has 0 saturated carbocycles. The third-order valence-corrected chi connectivity index (χ3v) is 4.89. The Morgan fingerprint density at radius 2 is 1.34 bits per heavy atom. The van der Waals surface area contributed by atoms with Gasteiger partial charge in [-0.15, -0.1) is 0 Å². The average Bonchev–Trinajstić information content (AvgIpc) is 3.42. The van der Waals surface area contributed by atoms with E-state index in [4.69, 9.17) is 0 Å². The molecule has 1 aliphatic rings. The van der Waals surface area contributed by atoms with Crippen molar-refractivity contribution in [3.05, 3.63) is 47.5 Å². The Morgan fingerprint density at radius 3 is 2.00 bits per heavy atom. The smallest absolute Gasteiger partial charge is 0.272 e. The Labute approximate surface area is 182 Å². The molecule has 1 aromatic heterocycles. The zero-order valence-corrected chi connectivity index (χ0v) is 17.4. The van der Waals surface area contributed by atoms with Gasteiger partial charge in [0.2, 0.25) is 11.8 Å². The summed E-state index contributed by atoms with van der Waals surface area (Å²) >= 11 is 0. The summed E-state index contributed by atoms with van der Waals surface area (Å²) in [7, 11) is 0. The van der Waals surface area contributed by atoms with E-state index in [0.717, 1.165) is 0 Å². The number of nitrogens with one attached hydrogen (secondary N) is 2. The van der Waals surface area contributed by atoms with Gasteiger partial charge in [0.05, 0.1) is 11.4 Å². The summed E-state index contributed by atoms with van der Waals surface area (Å²) in [5, 5.41) is 15.5. The number of nitrogens with zero attached hydrogens (tertiary/aromatic N) is 4. The second-order valence-corrected chi connectivity index (χ2v) is 7.30. The number of hydrogen-bond donors (Lipinski definition) is 2.